The molecule has 0 saturated heterocycles. The van der Waals surface area contributed by atoms with E-state index in [1.165, 1.54) is 11.1 Å². The maximum absolute atomic E-state index is 9.12. The summed E-state index contributed by atoms with van der Waals surface area (Å²) >= 11 is 0. The average Bonchev–Trinajstić information content (AvgIpc) is 2.30. The molecule has 0 saturated carbocycles. The standard InChI is InChI=1S/C15H25NO2/c1-15(2,3)13-7-5-12(6-8-13)9-16(4)14(10-17)11-18/h5-8,14,17-18H,9-11H2,1-4H3. The third kappa shape index (κ3) is 4.09. The molecular formula is C15H25NO2. The van der Waals surface area contributed by atoms with Crippen molar-refractivity contribution in [1.82, 2.24) is 4.90 Å². The second-order valence-corrected chi connectivity index (χ2v) is 5.88. The van der Waals surface area contributed by atoms with Crippen LogP contribution in [0.3, 0.4) is 0 Å². The van der Waals surface area contributed by atoms with Crippen molar-refractivity contribution >= 4 is 0 Å². The van der Waals surface area contributed by atoms with Crippen LogP contribution in [0.25, 0.3) is 0 Å². The predicted molar refractivity (Wildman–Crippen MR) is 74.6 cm³/mol. The van der Waals surface area contributed by atoms with Gasteiger partial charge in [0.1, 0.15) is 0 Å². The fourth-order valence-corrected chi connectivity index (χ4v) is 1.86. The highest BCUT2D eigenvalue weighted by Gasteiger charge is 2.15. The van der Waals surface area contributed by atoms with Crippen molar-refractivity contribution in [3.63, 3.8) is 0 Å². The van der Waals surface area contributed by atoms with E-state index in [4.69, 9.17) is 10.2 Å². The molecule has 0 aliphatic rings. The summed E-state index contributed by atoms with van der Waals surface area (Å²) in [4.78, 5) is 1.96. The van der Waals surface area contributed by atoms with Crippen molar-refractivity contribution in [2.45, 2.75) is 38.8 Å². The summed E-state index contributed by atoms with van der Waals surface area (Å²) in [5.41, 5.74) is 2.68. The molecule has 2 N–H and O–H groups in total. The van der Waals surface area contributed by atoms with E-state index in [9.17, 15) is 0 Å². The zero-order valence-corrected chi connectivity index (χ0v) is 11.8. The highest BCUT2D eigenvalue weighted by molar-refractivity contribution is 5.27. The van der Waals surface area contributed by atoms with Gasteiger partial charge in [-0.1, -0.05) is 45.0 Å². The van der Waals surface area contributed by atoms with Crippen LogP contribution in [0.1, 0.15) is 31.9 Å². The van der Waals surface area contributed by atoms with E-state index in [0.29, 0.717) is 0 Å². The fraction of sp³-hybridized carbons (Fsp3) is 0.600. The number of rotatable bonds is 5. The van der Waals surface area contributed by atoms with Gasteiger partial charge in [0.2, 0.25) is 0 Å². The summed E-state index contributed by atoms with van der Waals surface area (Å²) < 4.78 is 0. The van der Waals surface area contributed by atoms with Gasteiger partial charge in [-0.2, -0.15) is 0 Å². The minimum absolute atomic E-state index is 0.0208. The third-order valence-corrected chi connectivity index (χ3v) is 3.30. The molecule has 3 nitrogen and oxygen atoms in total. The molecule has 0 fully saturated rings. The minimum Gasteiger partial charge on any atom is -0.395 e. The van der Waals surface area contributed by atoms with Gasteiger partial charge in [-0.25, -0.2) is 0 Å². The van der Waals surface area contributed by atoms with Crippen LogP contribution in [0.15, 0.2) is 24.3 Å². The first kappa shape index (κ1) is 15.2. The van der Waals surface area contributed by atoms with E-state index in [1.54, 1.807) is 0 Å². The monoisotopic (exact) mass is 251 g/mol. The zero-order chi connectivity index (χ0) is 13.8. The number of hydrogen-bond donors (Lipinski definition) is 2. The molecule has 0 spiro atoms. The molecule has 18 heavy (non-hydrogen) atoms. The van der Waals surface area contributed by atoms with Gasteiger partial charge in [0.25, 0.3) is 0 Å². The maximum Gasteiger partial charge on any atom is 0.0609 e. The lowest BCUT2D eigenvalue weighted by Gasteiger charge is -2.25. The Kier molecular flexibility index (Phi) is 5.32. The summed E-state index contributed by atoms with van der Waals surface area (Å²) in [6, 6.07) is 8.34. The Morgan fingerprint density at radius 1 is 1.06 bits per heavy atom. The van der Waals surface area contributed by atoms with Crippen LogP contribution in [-0.2, 0) is 12.0 Å². The van der Waals surface area contributed by atoms with Gasteiger partial charge in [-0.3, -0.25) is 4.90 Å². The molecule has 1 rings (SSSR count). The Labute approximate surface area is 110 Å². The molecule has 0 amide bonds. The molecule has 0 aliphatic heterocycles. The number of aliphatic hydroxyl groups is 2. The highest BCUT2D eigenvalue weighted by atomic mass is 16.3. The molecule has 102 valence electrons. The molecule has 1 aromatic rings. The lowest BCUT2D eigenvalue weighted by atomic mass is 9.87. The summed E-state index contributed by atoms with van der Waals surface area (Å²) in [6.45, 7) is 7.28. The lowest BCUT2D eigenvalue weighted by Crippen LogP contribution is -2.37. The highest BCUT2D eigenvalue weighted by Crippen LogP contribution is 2.22. The lowest BCUT2D eigenvalue weighted by molar-refractivity contribution is 0.0874. The summed E-state index contributed by atoms with van der Waals surface area (Å²) in [7, 11) is 1.91. The van der Waals surface area contributed by atoms with E-state index in [-0.39, 0.29) is 24.7 Å². The number of benzene rings is 1. The number of likely N-dealkylation sites (N-methyl/N-ethyl adjacent to an activating group) is 1. The predicted octanol–water partition coefficient (Wildman–Crippen LogP) is 1.77. The Morgan fingerprint density at radius 3 is 1.94 bits per heavy atom. The molecule has 0 heterocycles. The first-order chi connectivity index (χ1) is 8.38. The Balaban J connectivity index is 2.69. The first-order valence-electron chi connectivity index (χ1n) is 6.40. The normalized spacial score (nSPS) is 12.4. The van der Waals surface area contributed by atoms with Crippen molar-refractivity contribution in [3.05, 3.63) is 35.4 Å². The first-order valence-corrected chi connectivity index (χ1v) is 6.40. The number of aliphatic hydroxyl groups excluding tert-OH is 2. The van der Waals surface area contributed by atoms with E-state index < -0.39 is 0 Å². The molecule has 0 radical (unpaired) electrons. The smallest absolute Gasteiger partial charge is 0.0609 e. The molecular weight excluding hydrogens is 226 g/mol. The molecule has 0 atom stereocenters. The summed E-state index contributed by atoms with van der Waals surface area (Å²) in [5, 5.41) is 18.2. The van der Waals surface area contributed by atoms with Crippen molar-refractivity contribution in [3.8, 4) is 0 Å². The zero-order valence-electron chi connectivity index (χ0n) is 11.8. The van der Waals surface area contributed by atoms with Crippen LogP contribution in [-0.4, -0.2) is 41.4 Å². The Morgan fingerprint density at radius 2 is 1.56 bits per heavy atom. The van der Waals surface area contributed by atoms with Gasteiger partial charge in [0, 0.05) is 6.54 Å². The Bertz CT molecular complexity index is 350. The van der Waals surface area contributed by atoms with Crippen LogP contribution >= 0.6 is 0 Å². The number of nitrogens with zero attached hydrogens (tertiary/aromatic N) is 1. The van der Waals surface area contributed by atoms with Crippen molar-refractivity contribution in [1.29, 1.82) is 0 Å². The molecule has 0 unspecified atom stereocenters. The molecule has 3 heteroatoms. The second-order valence-electron chi connectivity index (χ2n) is 5.88. The molecule has 0 bridgehead atoms. The van der Waals surface area contributed by atoms with E-state index in [0.717, 1.165) is 6.54 Å². The average molecular weight is 251 g/mol. The van der Waals surface area contributed by atoms with Gasteiger partial charge in [-0.15, -0.1) is 0 Å². The van der Waals surface area contributed by atoms with E-state index >= 15 is 0 Å². The molecule has 0 aliphatic carbocycles. The minimum atomic E-state index is -0.188. The van der Waals surface area contributed by atoms with Gasteiger partial charge in [0.05, 0.1) is 19.3 Å². The summed E-state index contributed by atoms with van der Waals surface area (Å²) in [6.07, 6.45) is 0. The van der Waals surface area contributed by atoms with Crippen LogP contribution < -0.4 is 0 Å². The van der Waals surface area contributed by atoms with Gasteiger partial charge in [-0.05, 0) is 23.6 Å². The van der Waals surface area contributed by atoms with Crippen molar-refractivity contribution in [2.24, 2.45) is 0 Å². The van der Waals surface area contributed by atoms with E-state index in [2.05, 4.69) is 45.0 Å². The van der Waals surface area contributed by atoms with Gasteiger partial charge < -0.3 is 10.2 Å². The topological polar surface area (TPSA) is 43.7 Å². The maximum atomic E-state index is 9.12. The van der Waals surface area contributed by atoms with Crippen molar-refractivity contribution < 1.29 is 10.2 Å². The van der Waals surface area contributed by atoms with Crippen molar-refractivity contribution in [2.75, 3.05) is 20.3 Å². The fourth-order valence-electron chi connectivity index (χ4n) is 1.86. The number of hydrogen-bond acceptors (Lipinski definition) is 3. The van der Waals surface area contributed by atoms with Crippen LogP contribution in [0.4, 0.5) is 0 Å². The molecule has 1 aromatic carbocycles. The molecule has 0 aromatic heterocycles. The van der Waals surface area contributed by atoms with Crippen LogP contribution in [0, 0.1) is 0 Å². The SMILES string of the molecule is CN(Cc1ccc(C(C)(C)C)cc1)C(CO)CO. The van der Waals surface area contributed by atoms with E-state index in [1.807, 2.05) is 11.9 Å². The largest absolute Gasteiger partial charge is 0.395 e. The van der Waals surface area contributed by atoms with Gasteiger partial charge >= 0.3 is 0 Å². The third-order valence-electron chi connectivity index (χ3n) is 3.30. The van der Waals surface area contributed by atoms with Crippen LogP contribution in [0.5, 0.6) is 0 Å². The second kappa shape index (κ2) is 6.32. The van der Waals surface area contributed by atoms with Gasteiger partial charge in [0.15, 0.2) is 0 Å². The summed E-state index contributed by atoms with van der Waals surface area (Å²) in [5.74, 6) is 0. The quantitative estimate of drug-likeness (QED) is 0.838. The Hall–Kier alpha value is -0.900. The van der Waals surface area contributed by atoms with Crippen LogP contribution in [0.2, 0.25) is 0 Å².